The van der Waals surface area contributed by atoms with Gasteiger partial charge in [-0.2, -0.15) is 5.10 Å². The van der Waals surface area contributed by atoms with Gasteiger partial charge in [-0.25, -0.2) is 4.68 Å². The summed E-state index contributed by atoms with van der Waals surface area (Å²) >= 11 is 3.49. The number of anilines is 2. The van der Waals surface area contributed by atoms with Crippen molar-refractivity contribution < 1.29 is 0 Å². The number of rotatable bonds is 3. The summed E-state index contributed by atoms with van der Waals surface area (Å²) in [5.41, 5.74) is 5.80. The molecular formula is C19H19BrN4. The lowest BCUT2D eigenvalue weighted by Gasteiger charge is -2.12. The predicted octanol–water partition coefficient (Wildman–Crippen LogP) is 4.34. The maximum atomic E-state index is 4.90. The quantitative estimate of drug-likeness (QED) is 0.731. The monoisotopic (exact) mass is 382 g/mol. The normalized spacial score (nSPS) is 12.8. The number of fused-ring (bicyclic) bond motifs is 1. The molecule has 0 bridgehead atoms. The van der Waals surface area contributed by atoms with Gasteiger partial charge in [-0.05, 0) is 42.8 Å². The fourth-order valence-corrected chi connectivity index (χ4v) is 3.36. The minimum atomic E-state index is 0.965. The summed E-state index contributed by atoms with van der Waals surface area (Å²) in [5, 5.41) is 8.38. The third-order valence-electron chi connectivity index (χ3n) is 4.38. The van der Waals surface area contributed by atoms with E-state index < -0.39 is 0 Å². The van der Waals surface area contributed by atoms with E-state index in [2.05, 4.69) is 76.6 Å². The molecule has 4 rings (SSSR count). The van der Waals surface area contributed by atoms with E-state index in [0.29, 0.717) is 0 Å². The van der Waals surface area contributed by atoms with Crippen molar-refractivity contribution in [3.8, 4) is 16.9 Å². The molecule has 0 fully saturated rings. The number of hydrogen-bond donors (Lipinski definition) is 1. The summed E-state index contributed by atoms with van der Waals surface area (Å²) in [6.07, 6.45) is 1.01. The Bertz CT molecular complexity index is 864. The number of halogens is 1. The number of benzene rings is 2. The Morgan fingerprint density at radius 3 is 2.42 bits per heavy atom. The third-order valence-corrected chi connectivity index (χ3v) is 4.91. The van der Waals surface area contributed by atoms with Gasteiger partial charge in [-0.1, -0.05) is 28.1 Å². The molecule has 4 nitrogen and oxygen atoms in total. The molecule has 0 aliphatic carbocycles. The van der Waals surface area contributed by atoms with Crippen LogP contribution in [-0.4, -0.2) is 30.4 Å². The van der Waals surface area contributed by atoms with Crippen LogP contribution in [0.25, 0.3) is 16.9 Å². The molecule has 0 saturated carbocycles. The van der Waals surface area contributed by atoms with Crippen molar-refractivity contribution >= 4 is 27.4 Å². The summed E-state index contributed by atoms with van der Waals surface area (Å²) in [6.45, 7) is 0.965. The number of hydrogen-bond acceptors (Lipinski definition) is 3. The molecule has 0 unspecified atom stereocenters. The van der Waals surface area contributed by atoms with Crippen LogP contribution in [0.1, 0.15) is 5.56 Å². The number of aromatic nitrogens is 2. The molecule has 122 valence electrons. The van der Waals surface area contributed by atoms with Crippen LogP contribution in [-0.2, 0) is 6.42 Å². The summed E-state index contributed by atoms with van der Waals surface area (Å²) in [7, 11) is 4.11. The molecule has 1 aliphatic rings. The molecule has 0 spiro atoms. The van der Waals surface area contributed by atoms with E-state index in [0.717, 1.165) is 40.2 Å². The zero-order chi connectivity index (χ0) is 16.7. The van der Waals surface area contributed by atoms with Crippen LogP contribution in [0.5, 0.6) is 0 Å². The van der Waals surface area contributed by atoms with Gasteiger partial charge in [-0.15, -0.1) is 0 Å². The highest BCUT2D eigenvalue weighted by Gasteiger charge is 2.23. The van der Waals surface area contributed by atoms with Gasteiger partial charge in [0.2, 0.25) is 0 Å². The Labute approximate surface area is 150 Å². The predicted molar refractivity (Wildman–Crippen MR) is 103 cm³/mol. The number of nitrogens with zero attached hydrogens (tertiary/aromatic N) is 3. The van der Waals surface area contributed by atoms with E-state index in [4.69, 9.17) is 5.10 Å². The highest BCUT2D eigenvalue weighted by atomic mass is 79.9. The first kappa shape index (κ1) is 15.3. The molecule has 0 amide bonds. The van der Waals surface area contributed by atoms with Crippen LogP contribution in [0.15, 0.2) is 53.0 Å². The molecule has 1 N–H and O–H groups in total. The smallest absolute Gasteiger partial charge is 0.133 e. The van der Waals surface area contributed by atoms with Crippen molar-refractivity contribution in [3.63, 3.8) is 0 Å². The van der Waals surface area contributed by atoms with E-state index in [-0.39, 0.29) is 0 Å². The first-order valence-corrected chi connectivity index (χ1v) is 8.82. The van der Waals surface area contributed by atoms with Crippen molar-refractivity contribution in [1.82, 2.24) is 9.78 Å². The minimum Gasteiger partial charge on any atom is -0.378 e. The summed E-state index contributed by atoms with van der Waals surface area (Å²) in [5.74, 6) is 1.11. The highest BCUT2D eigenvalue weighted by molar-refractivity contribution is 9.10. The van der Waals surface area contributed by atoms with E-state index in [1.54, 1.807) is 0 Å². The molecule has 0 atom stereocenters. The molecule has 0 radical (unpaired) electrons. The summed E-state index contributed by atoms with van der Waals surface area (Å²) < 4.78 is 3.09. The fraction of sp³-hybridized carbons (Fsp3) is 0.211. The van der Waals surface area contributed by atoms with Gasteiger partial charge in [0.15, 0.2) is 0 Å². The third kappa shape index (κ3) is 2.59. The SMILES string of the molecule is CN(C)c1ccc(-c2nn(-c3ccc(Br)cc3)c3c2CCN3)cc1. The van der Waals surface area contributed by atoms with Crippen LogP contribution in [0.3, 0.4) is 0 Å². The van der Waals surface area contributed by atoms with E-state index >= 15 is 0 Å². The largest absolute Gasteiger partial charge is 0.378 e. The lowest BCUT2D eigenvalue weighted by Crippen LogP contribution is -2.08. The van der Waals surface area contributed by atoms with E-state index in [1.165, 1.54) is 11.3 Å². The molecule has 24 heavy (non-hydrogen) atoms. The zero-order valence-corrected chi connectivity index (χ0v) is 15.3. The second-order valence-electron chi connectivity index (χ2n) is 6.18. The average Bonchev–Trinajstić information content (AvgIpc) is 3.18. The van der Waals surface area contributed by atoms with Crippen molar-refractivity contribution in [2.24, 2.45) is 0 Å². The molecular weight excluding hydrogens is 364 g/mol. The van der Waals surface area contributed by atoms with Crippen LogP contribution >= 0.6 is 15.9 Å². The van der Waals surface area contributed by atoms with Crippen molar-refractivity contribution in [2.75, 3.05) is 30.9 Å². The van der Waals surface area contributed by atoms with Gasteiger partial charge < -0.3 is 10.2 Å². The van der Waals surface area contributed by atoms with Gasteiger partial charge in [0.25, 0.3) is 0 Å². The first-order valence-electron chi connectivity index (χ1n) is 8.03. The molecule has 1 aromatic heterocycles. The average molecular weight is 383 g/mol. The maximum Gasteiger partial charge on any atom is 0.133 e. The lowest BCUT2D eigenvalue weighted by molar-refractivity contribution is 0.882. The molecule has 2 aromatic carbocycles. The van der Waals surface area contributed by atoms with Gasteiger partial charge in [0.1, 0.15) is 5.82 Å². The topological polar surface area (TPSA) is 33.1 Å². The number of nitrogens with one attached hydrogen (secondary N) is 1. The fourth-order valence-electron chi connectivity index (χ4n) is 3.09. The van der Waals surface area contributed by atoms with Crippen LogP contribution in [0, 0.1) is 0 Å². The molecule has 0 saturated heterocycles. The first-order chi connectivity index (χ1) is 11.6. The Morgan fingerprint density at radius 2 is 1.75 bits per heavy atom. The molecule has 2 heterocycles. The Kier molecular flexibility index (Phi) is 3.81. The van der Waals surface area contributed by atoms with Crippen LogP contribution in [0.2, 0.25) is 0 Å². The van der Waals surface area contributed by atoms with Crippen molar-refractivity contribution in [1.29, 1.82) is 0 Å². The molecule has 5 heteroatoms. The Balaban J connectivity index is 1.80. The maximum absolute atomic E-state index is 4.90. The van der Waals surface area contributed by atoms with E-state index in [9.17, 15) is 0 Å². The van der Waals surface area contributed by atoms with Gasteiger partial charge in [0.05, 0.1) is 11.4 Å². The second-order valence-corrected chi connectivity index (χ2v) is 7.10. The van der Waals surface area contributed by atoms with Crippen LogP contribution < -0.4 is 10.2 Å². The van der Waals surface area contributed by atoms with Gasteiger partial charge >= 0.3 is 0 Å². The van der Waals surface area contributed by atoms with Gasteiger partial charge in [0, 0.05) is 41.9 Å². The summed E-state index contributed by atoms with van der Waals surface area (Å²) in [4.78, 5) is 2.11. The van der Waals surface area contributed by atoms with Crippen molar-refractivity contribution in [3.05, 3.63) is 58.6 Å². The summed E-state index contributed by atoms with van der Waals surface area (Å²) in [6, 6.07) is 16.8. The van der Waals surface area contributed by atoms with Crippen molar-refractivity contribution in [2.45, 2.75) is 6.42 Å². The standard InChI is InChI=1S/C19H19BrN4/c1-23(2)15-7-3-13(4-8-15)18-17-11-12-21-19(17)24(22-18)16-9-5-14(20)6-10-16/h3-10,21H,11-12H2,1-2H3. The molecule has 3 aromatic rings. The minimum absolute atomic E-state index is 0.965. The van der Waals surface area contributed by atoms with E-state index in [1.807, 2.05) is 16.8 Å². The molecule has 1 aliphatic heterocycles. The lowest BCUT2D eigenvalue weighted by atomic mass is 10.1. The van der Waals surface area contributed by atoms with Crippen LogP contribution in [0.4, 0.5) is 11.5 Å². The highest BCUT2D eigenvalue weighted by Crippen LogP contribution is 2.35. The van der Waals surface area contributed by atoms with Gasteiger partial charge in [-0.3, -0.25) is 0 Å². The Morgan fingerprint density at radius 1 is 1.04 bits per heavy atom. The Hall–Kier alpha value is -2.27. The second kappa shape index (κ2) is 5.98. The zero-order valence-electron chi connectivity index (χ0n) is 13.8.